The third-order valence-electron chi connectivity index (χ3n) is 6.44. The van der Waals surface area contributed by atoms with Crippen LogP contribution in [0.2, 0.25) is 0 Å². The van der Waals surface area contributed by atoms with Crippen molar-refractivity contribution in [2.75, 3.05) is 13.1 Å². The zero-order chi connectivity index (χ0) is 26.8. The highest BCUT2D eigenvalue weighted by molar-refractivity contribution is 7.89. The van der Waals surface area contributed by atoms with E-state index in [0.717, 1.165) is 16.7 Å². The van der Waals surface area contributed by atoms with Gasteiger partial charge in [-0.2, -0.15) is 5.26 Å². The molecule has 0 bridgehead atoms. The lowest BCUT2D eigenvalue weighted by Gasteiger charge is -2.21. The van der Waals surface area contributed by atoms with Gasteiger partial charge in [0.25, 0.3) is 0 Å². The third-order valence-corrected chi connectivity index (χ3v) is 8.26. The molecule has 1 fully saturated rings. The Labute approximate surface area is 218 Å². The molecule has 37 heavy (non-hydrogen) atoms. The summed E-state index contributed by atoms with van der Waals surface area (Å²) in [6, 6.07) is 23.9. The summed E-state index contributed by atoms with van der Waals surface area (Å²) in [5.74, 6) is -1.59. The second kappa shape index (κ2) is 10.5. The highest BCUT2D eigenvalue weighted by Gasteiger charge is 2.38. The number of sulfonamides is 1. The number of hydrogen-bond acceptors (Lipinski definition) is 5. The van der Waals surface area contributed by atoms with Crippen molar-refractivity contribution in [2.24, 2.45) is 5.92 Å². The van der Waals surface area contributed by atoms with E-state index in [0.29, 0.717) is 30.8 Å². The van der Waals surface area contributed by atoms with E-state index in [1.807, 2.05) is 36.4 Å². The lowest BCUT2D eigenvalue weighted by atomic mass is 9.88. The Hall–Kier alpha value is -3.51. The first-order chi connectivity index (χ1) is 17.5. The van der Waals surface area contributed by atoms with Gasteiger partial charge in [-0.05, 0) is 55.7 Å². The van der Waals surface area contributed by atoms with Crippen molar-refractivity contribution in [3.8, 4) is 17.2 Å². The fourth-order valence-corrected chi connectivity index (χ4v) is 6.54. The van der Waals surface area contributed by atoms with Crippen LogP contribution in [0.4, 0.5) is 0 Å². The Morgan fingerprint density at radius 2 is 1.76 bits per heavy atom. The van der Waals surface area contributed by atoms with Crippen LogP contribution < -0.4 is 4.72 Å². The SMILES string of the molecule is CC(C)(C)NS(=O)(=O)c1ccccc1-c1ccc(CN2C[C@@H](C(=O)O)[C@H](c3cccc(C#N)c3)C2)cc1. The molecule has 0 aliphatic carbocycles. The Morgan fingerprint density at radius 1 is 1.05 bits per heavy atom. The van der Waals surface area contributed by atoms with Gasteiger partial charge in [0.15, 0.2) is 0 Å². The molecule has 1 aliphatic heterocycles. The first-order valence-corrected chi connectivity index (χ1v) is 13.6. The number of hydrogen-bond donors (Lipinski definition) is 2. The average Bonchev–Trinajstić information content (AvgIpc) is 3.27. The number of nitrogens with one attached hydrogen (secondary N) is 1. The second-order valence-electron chi connectivity index (χ2n) is 10.5. The number of nitriles is 1. The van der Waals surface area contributed by atoms with E-state index >= 15 is 0 Å². The smallest absolute Gasteiger partial charge is 0.308 e. The van der Waals surface area contributed by atoms with E-state index in [9.17, 15) is 23.6 Å². The summed E-state index contributed by atoms with van der Waals surface area (Å²) in [6.07, 6.45) is 0. The van der Waals surface area contributed by atoms with Crippen molar-refractivity contribution in [3.63, 3.8) is 0 Å². The third kappa shape index (κ3) is 6.25. The standard InChI is InChI=1S/C29H31N3O4S/c1-29(2,3)31-37(35,36)27-10-5-4-9-24(27)22-13-11-20(12-14-22)17-32-18-25(26(19-32)28(33)34)23-8-6-7-21(15-23)16-30/h4-15,25-26,31H,17-19H2,1-3H3,(H,33,34)/t25-,26+/m0/s1. The monoisotopic (exact) mass is 517 g/mol. The Bertz CT molecular complexity index is 1440. The van der Waals surface area contributed by atoms with Crippen LogP contribution in [0.15, 0.2) is 77.7 Å². The molecule has 3 aromatic carbocycles. The summed E-state index contributed by atoms with van der Waals surface area (Å²) in [7, 11) is -3.71. The molecule has 1 aliphatic rings. The highest BCUT2D eigenvalue weighted by Crippen LogP contribution is 2.35. The number of carboxylic acid groups (broad SMARTS) is 1. The maximum atomic E-state index is 13.0. The van der Waals surface area contributed by atoms with Crippen LogP contribution in [0.1, 0.15) is 43.4 Å². The molecule has 8 heteroatoms. The number of benzene rings is 3. The van der Waals surface area contributed by atoms with Gasteiger partial charge in [0.05, 0.1) is 22.4 Å². The number of likely N-dealkylation sites (tertiary alicyclic amines) is 1. The van der Waals surface area contributed by atoms with Gasteiger partial charge in [-0.3, -0.25) is 9.69 Å². The molecule has 0 radical (unpaired) electrons. The van der Waals surface area contributed by atoms with Crippen molar-refractivity contribution in [3.05, 3.63) is 89.5 Å². The summed E-state index contributed by atoms with van der Waals surface area (Å²) in [4.78, 5) is 14.3. The highest BCUT2D eigenvalue weighted by atomic mass is 32.2. The first kappa shape index (κ1) is 26.6. The molecular weight excluding hydrogens is 486 g/mol. The summed E-state index contributed by atoms with van der Waals surface area (Å²) >= 11 is 0. The van der Waals surface area contributed by atoms with Gasteiger partial charge in [-0.1, -0.05) is 54.6 Å². The minimum atomic E-state index is -3.71. The molecule has 0 spiro atoms. The van der Waals surface area contributed by atoms with Gasteiger partial charge in [0, 0.05) is 36.7 Å². The molecule has 7 nitrogen and oxygen atoms in total. The van der Waals surface area contributed by atoms with E-state index in [1.165, 1.54) is 0 Å². The van der Waals surface area contributed by atoms with Gasteiger partial charge in [0.1, 0.15) is 0 Å². The zero-order valence-electron chi connectivity index (χ0n) is 21.2. The number of carboxylic acids is 1. The molecule has 0 saturated carbocycles. The Kier molecular flexibility index (Phi) is 7.51. The predicted octanol–water partition coefficient (Wildman–Crippen LogP) is 4.60. The van der Waals surface area contributed by atoms with Gasteiger partial charge in [0.2, 0.25) is 10.0 Å². The van der Waals surface area contributed by atoms with Crippen molar-refractivity contribution in [1.29, 1.82) is 5.26 Å². The number of carbonyl (C=O) groups is 1. The van der Waals surface area contributed by atoms with Gasteiger partial charge < -0.3 is 5.11 Å². The van der Waals surface area contributed by atoms with Gasteiger partial charge >= 0.3 is 5.97 Å². The summed E-state index contributed by atoms with van der Waals surface area (Å²) in [5, 5.41) is 19.1. The lowest BCUT2D eigenvalue weighted by Crippen LogP contribution is -2.40. The Morgan fingerprint density at radius 3 is 2.41 bits per heavy atom. The minimum Gasteiger partial charge on any atom is -0.481 e. The maximum Gasteiger partial charge on any atom is 0.308 e. The molecule has 1 heterocycles. The Balaban J connectivity index is 1.53. The topological polar surface area (TPSA) is 110 Å². The van der Waals surface area contributed by atoms with Gasteiger partial charge in [-0.25, -0.2) is 13.1 Å². The molecule has 0 amide bonds. The van der Waals surface area contributed by atoms with Crippen LogP contribution in [0.25, 0.3) is 11.1 Å². The quantitative estimate of drug-likeness (QED) is 0.474. The van der Waals surface area contributed by atoms with E-state index in [2.05, 4.69) is 15.7 Å². The molecular formula is C29H31N3O4S. The summed E-state index contributed by atoms with van der Waals surface area (Å²) < 4.78 is 28.8. The average molecular weight is 518 g/mol. The summed E-state index contributed by atoms with van der Waals surface area (Å²) in [5.41, 5.74) is 3.20. The molecule has 2 atom stereocenters. The van der Waals surface area contributed by atoms with Crippen molar-refractivity contribution >= 4 is 16.0 Å². The predicted molar refractivity (Wildman–Crippen MR) is 142 cm³/mol. The van der Waals surface area contributed by atoms with Crippen molar-refractivity contribution < 1.29 is 18.3 Å². The van der Waals surface area contributed by atoms with Crippen LogP contribution >= 0.6 is 0 Å². The van der Waals surface area contributed by atoms with Crippen LogP contribution in [0.5, 0.6) is 0 Å². The van der Waals surface area contributed by atoms with Crippen LogP contribution in [0, 0.1) is 17.2 Å². The van der Waals surface area contributed by atoms with Crippen LogP contribution in [-0.2, 0) is 21.4 Å². The maximum absolute atomic E-state index is 13.0. The van der Waals surface area contributed by atoms with E-state index in [-0.39, 0.29) is 10.8 Å². The molecule has 3 aromatic rings. The van der Waals surface area contributed by atoms with Crippen LogP contribution in [0.3, 0.4) is 0 Å². The normalized spacial score (nSPS) is 18.4. The molecule has 0 aromatic heterocycles. The largest absolute Gasteiger partial charge is 0.481 e. The van der Waals surface area contributed by atoms with E-state index in [4.69, 9.17) is 0 Å². The fourth-order valence-electron chi connectivity index (χ4n) is 4.89. The fraction of sp³-hybridized carbons (Fsp3) is 0.310. The molecule has 1 saturated heterocycles. The minimum absolute atomic E-state index is 0.197. The zero-order valence-corrected chi connectivity index (χ0v) is 22.0. The van der Waals surface area contributed by atoms with Crippen molar-refractivity contribution in [1.82, 2.24) is 9.62 Å². The van der Waals surface area contributed by atoms with Crippen molar-refractivity contribution in [2.45, 2.75) is 43.7 Å². The first-order valence-electron chi connectivity index (χ1n) is 12.1. The van der Waals surface area contributed by atoms with E-state index in [1.54, 1.807) is 57.2 Å². The lowest BCUT2D eigenvalue weighted by molar-refractivity contribution is -0.141. The van der Waals surface area contributed by atoms with E-state index < -0.39 is 27.4 Å². The number of aliphatic carboxylic acids is 1. The second-order valence-corrected chi connectivity index (χ2v) is 12.2. The number of nitrogens with zero attached hydrogens (tertiary/aromatic N) is 2. The molecule has 192 valence electrons. The summed E-state index contributed by atoms with van der Waals surface area (Å²) in [6.45, 7) is 6.98. The van der Waals surface area contributed by atoms with Crippen LogP contribution in [-0.4, -0.2) is 43.0 Å². The van der Waals surface area contributed by atoms with Gasteiger partial charge in [-0.15, -0.1) is 0 Å². The molecule has 2 N–H and O–H groups in total. The number of rotatable bonds is 7. The molecule has 4 rings (SSSR count). The molecule has 0 unspecified atom stereocenters.